The molecule has 2 fully saturated rings. The van der Waals surface area contributed by atoms with Crippen LogP contribution in [-0.4, -0.2) is 37.0 Å². The van der Waals surface area contributed by atoms with E-state index in [4.69, 9.17) is 0 Å². The van der Waals surface area contributed by atoms with Gasteiger partial charge in [-0.3, -0.25) is 4.79 Å². The molecule has 0 spiro atoms. The molecule has 0 aromatic carbocycles. The SMILES string of the molecule is CNC1CCN(CC2CCC2)C1=O. The van der Waals surface area contributed by atoms with Crippen molar-refractivity contribution in [2.75, 3.05) is 20.1 Å². The number of rotatable bonds is 3. The Morgan fingerprint density at radius 3 is 2.69 bits per heavy atom. The molecule has 1 heterocycles. The number of carbonyl (C=O) groups is 1. The average Bonchev–Trinajstić information content (AvgIpc) is 2.40. The maximum atomic E-state index is 11.7. The summed E-state index contributed by atoms with van der Waals surface area (Å²) in [4.78, 5) is 13.7. The van der Waals surface area contributed by atoms with E-state index in [1.807, 2.05) is 11.9 Å². The molecule has 1 amide bonds. The van der Waals surface area contributed by atoms with Crippen LogP contribution >= 0.6 is 0 Å². The fourth-order valence-corrected chi connectivity index (χ4v) is 2.18. The van der Waals surface area contributed by atoms with Gasteiger partial charge in [-0.15, -0.1) is 0 Å². The Labute approximate surface area is 79.5 Å². The molecule has 1 N–H and O–H groups in total. The fraction of sp³-hybridized carbons (Fsp3) is 0.900. The van der Waals surface area contributed by atoms with Crippen molar-refractivity contribution in [2.24, 2.45) is 5.92 Å². The molecule has 1 saturated heterocycles. The lowest BCUT2D eigenvalue weighted by Crippen LogP contribution is -2.39. The Hall–Kier alpha value is -0.570. The Morgan fingerprint density at radius 1 is 1.46 bits per heavy atom. The highest BCUT2D eigenvalue weighted by atomic mass is 16.2. The topological polar surface area (TPSA) is 32.3 Å². The van der Waals surface area contributed by atoms with Gasteiger partial charge in [-0.2, -0.15) is 0 Å². The third kappa shape index (κ3) is 1.70. The van der Waals surface area contributed by atoms with Gasteiger partial charge in [-0.25, -0.2) is 0 Å². The maximum Gasteiger partial charge on any atom is 0.239 e. The number of likely N-dealkylation sites (N-methyl/N-ethyl adjacent to an activating group) is 1. The smallest absolute Gasteiger partial charge is 0.239 e. The largest absolute Gasteiger partial charge is 0.341 e. The Bertz CT molecular complexity index is 201. The molecule has 0 aromatic heterocycles. The standard InChI is InChI=1S/C10H18N2O/c1-11-9-5-6-12(10(9)13)7-8-3-2-4-8/h8-9,11H,2-7H2,1H3. The van der Waals surface area contributed by atoms with Crippen LogP contribution in [0.2, 0.25) is 0 Å². The van der Waals surface area contributed by atoms with Gasteiger partial charge in [-0.05, 0) is 32.2 Å². The van der Waals surface area contributed by atoms with E-state index >= 15 is 0 Å². The zero-order valence-corrected chi connectivity index (χ0v) is 8.25. The average molecular weight is 182 g/mol. The summed E-state index contributed by atoms with van der Waals surface area (Å²) in [5, 5.41) is 3.06. The summed E-state index contributed by atoms with van der Waals surface area (Å²) in [7, 11) is 1.87. The van der Waals surface area contributed by atoms with Gasteiger partial charge >= 0.3 is 0 Å². The number of nitrogens with one attached hydrogen (secondary N) is 1. The molecule has 1 aliphatic carbocycles. The summed E-state index contributed by atoms with van der Waals surface area (Å²) >= 11 is 0. The van der Waals surface area contributed by atoms with Gasteiger partial charge in [0, 0.05) is 13.1 Å². The predicted molar refractivity (Wildman–Crippen MR) is 51.4 cm³/mol. The molecular weight excluding hydrogens is 164 g/mol. The lowest BCUT2D eigenvalue weighted by Gasteiger charge is -2.30. The van der Waals surface area contributed by atoms with Crippen molar-refractivity contribution in [2.45, 2.75) is 31.7 Å². The van der Waals surface area contributed by atoms with E-state index in [1.54, 1.807) is 0 Å². The van der Waals surface area contributed by atoms with Gasteiger partial charge in [0.25, 0.3) is 0 Å². The zero-order valence-electron chi connectivity index (χ0n) is 8.25. The van der Waals surface area contributed by atoms with Crippen molar-refractivity contribution in [3.63, 3.8) is 0 Å². The minimum Gasteiger partial charge on any atom is -0.341 e. The van der Waals surface area contributed by atoms with Crippen LogP contribution in [0.25, 0.3) is 0 Å². The third-order valence-electron chi connectivity index (χ3n) is 3.35. The van der Waals surface area contributed by atoms with Crippen LogP contribution in [0.15, 0.2) is 0 Å². The minimum absolute atomic E-state index is 0.0973. The predicted octanol–water partition coefficient (Wildman–Crippen LogP) is 0.607. The van der Waals surface area contributed by atoms with Crippen molar-refractivity contribution in [1.82, 2.24) is 10.2 Å². The summed E-state index contributed by atoms with van der Waals surface area (Å²) < 4.78 is 0. The first-order valence-corrected chi connectivity index (χ1v) is 5.27. The number of carbonyl (C=O) groups excluding carboxylic acids is 1. The highest BCUT2D eigenvalue weighted by Gasteiger charge is 2.32. The zero-order chi connectivity index (χ0) is 9.26. The molecular formula is C10H18N2O. The van der Waals surface area contributed by atoms with Crippen LogP contribution in [-0.2, 0) is 4.79 Å². The summed E-state index contributed by atoms with van der Waals surface area (Å²) in [5.41, 5.74) is 0. The van der Waals surface area contributed by atoms with Crippen LogP contribution in [0.1, 0.15) is 25.7 Å². The van der Waals surface area contributed by atoms with Crippen molar-refractivity contribution < 1.29 is 4.79 Å². The van der Waals surface area contributed by atoms with Crippen LogP contribution in [0.3, 0.4) is 0 Å². The molecule has 0 aromatic rings. The van der Waals surface area contributed by atoms with Crippen molar-refractivity contribution in [1.29, 1.82) is 0 Å². The molecule has 13 heavy (non-hydrogen) atoms. The van der Waals surface area contributed by atoms with Crippen LogP contribution in [0.5, 0.6) is 0 Å². The lowest BCUT2D eigenvalue weighted by molar-refractivity contribution is -0.130. The highest BCUT2D eigenvalue weighted by Crippen LogP contribution is 2.28. The molecule has 1 unspecified atom stereocenters. The van der Waals surface area contributed by atoms with Gasteiger partial charge in [0.2, 0.25) is 5.91 Å². The Kier molecular flexibility index (Phi) is 2.54. The van der Waals surface area contributed by atoms with Crippen molar-refractivity contribution in [3.8, 4) is 0 Å². The van der Waals surface area contributed by atoms with Gasteiger partial charge in [0.15, 0.2) is 0 Å². The van der Waals surface area contributed by atoms with Crippen LogP contribution in [0.4, 0.5) is 0 Å². The molecule has 0 bridgehead atoms. The third-order valence-corrected chi connectivity index (χ3v) is 3.35. The van der Waals surface area contributed by atoms with Gasteiger partial charge in [0.1, 0.15) is 0 Å². The van der Waals surface area contributed by atoms with Crippen molar-refractivity contribution >= 4 is 5.91 Å². The van der Waals surface area contributed by atoms with E-state index < -0.39 is 0 Å². The number of nitrogens with zero attached hydrogens (tertiary/aromatic N) is 1. The van der Waals surface area contributed by atoms with E-state index in [0.717, 1.165) is 25.4 Å². The molecule has 1 saturated carbocycles. The first kappa shape index (κ1) is 9.00. The van der Waals surface area contributed by atoms with E-state index in [1.165, 1.54) is 19.3 Å². The lowest BCUT2D eigenvalue weighted by atomic mass is 9.85. The monoisotopic (exact) mass is 182 g/mol. The molecule has 1 atom stereocenters. The van der Waals surface area contributed by atoms with E-state index in [2.05, 4.69) is 5.32 Å². The van der Waals surface area contributed by atoms with Gasteiger partial charge in [0.05, 0.1) is 6.04 Å². The molecule has 2 aliphatic rings. The number of likely N-dealkylation sites (tertiary alicyclic amines) is 1. The second kappa shape index (κ2) is 3.66. The second-order valence-electron chi connectivity index (χ2n) is 4.21. The molecule has 3 heteroatoms. The summed E-state index contributed by atoms with van der Waals surface area (Å²) in [6.07, 6.45) is 5.01. The van der Waals surface area contributed by atoms with Crippen LogP contribution < -0.4 is 5.32 Å². The molecule has 74 valence electrons. The van der Waals surface area contributed by atoms with E-state index in [-0.39, 0.29) is 6.04 Å². The molecule has 2 rings (SSSR count). The van der Waals surface area contributed by atoms with Crippen LogP contribution in [0, 0.1) is 5.92 Å². The molecule has 3 nitrogen and oxygen atoms in total. The Balaban J connectivity index is 1.83. The Morgan fingerprint density at radius 2 is 2.23 bits per heavy atom. The fourth-order valence-electron chi connectivity index (χ4n) is 2.18. The molecule has 0 radical (unpaired) electrons. The van der Waals surface area contributed by atoms with E-state index in [9.17, 15) is 4.79 Å². The minimum atomic E-state index is 0.0973. The highest BCUT2D eigenvalue weighted by molar-refractivity contribution is 5.83. The van der Waals surface area contributed by atoms with Crippen molar-refractivity contribution in [3.05, 3.63) is 0 Å². The summed E-state index contributed by atoms with van der Waals surface area (Å²) in [6, 6.07) is 0.0973. The quantitative estimate of drug-likeness (QED) is 0.693. The normalized spacial score (nSPS) is 29.5. The second-order valence-corrected chi connectivity index (χ2v) is 4.21. The van der Waals surface area contributed by atoms with Gasteiger partial charge in [-0.1, -0.05) is 6.42 Å². The molecule has 1 aliphatic heterocycles. The number of amides is 1. The first-order chi connectivity index (χ1) is 6.31. The first-order valence-electron chi connectivity index (χ1n) is 5.27. The number of hydrogen-bond acceptors (Lipinski definition) is 2. The number of hydrogen-bond donors (Lipinski definition) is 1. The van der Waals surface area contributed by atoms with Gasteiger partial charge < -0.3 is 10.2 Å². The summed E-state index contributed by atoms with van der Waals surface area (Å²) in [5.74, 6) is 1.12. The maximum absolute atomic E-state index is 11.7. The van der Waals surface area contributed by atoms with E-state index in [0.29, 0.717) is 5.91 Å². The summed E-state index contributed by atoms with van der Waals surface area (Å²) in [6.45, 7) is 1.97.